The zero-order valence-electron chi connectivity index (χ0n) is 35.6. The first kappa shape index (κ1) is 37.1. The van der Waals surface area contributed by atoms with Gasteiger partial charge >= 0.3 is 0 Å². The van der Waals surface area contributed by atoms with Crippen LogP contribution in [0.1, 0.15) is 5.56 Å². The van der Waals surface area contributed by atoms with Crippen LogP contribution in [0.3, 0.4) is 0 Å². The molecule has 1 aromatic heterocycles. The van der Waals surface area contributed by atoms with Crippen molar-refractivity contribution in [2.45, 2.75) is 6.54 Å². The van der Waals surface area contributed by atoms with Crippen LogP contribution in [0.2, 0.25) is 0 Å². The molecule has 0 unspecified atom stereocenters. The Morgan fingerprint density at radius 2 is 0.738 bits per heavy atom. The zero-order valence-corrected chi connectivity index (χ0v) is 35.6. The number of hydrogen-bond acceptors (Lipinski definition) is 2. The second-order valence-corrected chi connectivity index (χ2v) is 17.2. The van der Waals surface area contributed by atoms with Crippen molar-refractivity contribution in [3.8, 4) is 33.4 Å². The van der Waals surface area contributed by atoms with E-state index in [2.05, 4.69) is 241 Å². The van der Waals surface area contributed by atoms with Gasteiger partial charge in [-0.2, -0.15) is 0 Å². The normalized spacial score (nSPS) is 11.8. The van der Waals surface area contributed by atoms with E-state index in [0.717, 1.165) is 49.8 Å². The third-order valence-electron chi connectivity index (χ3n) is 13.6. The fraction of sp³-hybridized carbons (Fsp3) is 0.0159. The molecule has 13 aromatic rings. The van der Waals surface area contributed by atoms with E-state index < -0.39 is 0 Å². The smallest absolute Gasteiger partial charge is 0.143 e. The van der Waals surface area contributed by atoms with Crippen LogP contribution in [0.15, 0.2) is 241 Å². The van der Waals surface area contributed by atoms with E-state index in [1.54, 1.807) is 0 Å². The lowest BCUT2D eigenvalue weighted by Gasteiger charge is -2.27. The zero-order chi connectivity index (χ0) is 42.8. The standard InChI is InChI=1S/C63H41NO/c1-5-17-49-41(13-1)31-37-57-50(23-11-24-55(49)57)43-27-33-47(34-28-43)64(48-35-29-44(30-36-48)61-39-45-15-3-6-18-51(45)54-21-9-10-22-56(54)61)40-46-16-4-7-19-52(46)58-25-12-26-59-60-38-32-42-14-2-8-20-53(42)62(60)65-63(58)59/h1-39H,40H2. The molecule has 0 amide bonds. The Morgan fingerprint density at radius 3 is 1.46 bits per heavy atom. The average Bonchev–Trinajstić information content (AvgIpc) is 3.78. The molecule has 2 nitrogen and oxygen atoms in total. The summed E-state index contributed by atoms with van der Waals surface area (Å²) in [6, 6.07) is 86.3. The van der Waals surface area contributed by atoms with Crippen molar-refractivity contribution in [2.24, 2.45) is 0 Å². The summed E-state index contributed by atoms with van der Waals surface area (Å²) in [5.74, 6) is 0. The summed E-state index contributed by atoms with van der Waals surface area (Å²) >= 11 is 0. The molecule has 12 aromatic carbocycles. The number of rotatable bonds is 7. The minimum Gasteiger partial charge on any atom is -0.455 e. The van der Waals surface area contributed by atoms with Gasteiger partial charge in [-0.3, -0.25) is 0 Å². The minimum atomic E-state index is 0.646. The molecule has 1 heterocycles. The van der Waals surface area contributed by atoms with E-state index >= 15 is 0 Å². The SMILES string of the molecule is c1ccc(-c2cccc3c2oc2c4ccccc4ccc32)c(CN(c2ccc(-c3cccc4c3ccc3ccccc34)cc2)c2ccc(-c3cc4ccccc4c4ccccc34)cc2)c1. The molecule has 0 bridgehead atoms. The van der Waals surface area contributed by atoms with Gasteiger partial charge in [0.25, 0.3) is 0 Å². The summed E-state index contributed by atoms with van der Waals surface area (Å²) < 4.78 is 6.89. The number of nitrogens with zero attached hydrogens (tertiary/aromatic N) is 1. The van der Waals surface area contributed by atoms with Crippen molar-refractivity contribution in [1.82, 2.24) is 0 Å². The van der Waals surface area contributed by atoms with E-state index in [-0.39, 0.29) is 0 Å². The van der Waals surface area contributed by atoms with Gasteiger partial charge in [0.2, 0.25) is 0 Å². The Balaban J connectivity index is 0.939. The lowest BCUT2D eigenvalue weighted by Crippen LogP contribution is -2.17. The quantitative estimate of drug-likeness (QED) is 0.149. The first-order valence-corrected chi connectivity index (χ1v) is 22.4. The van der Waals surface area contributed by atoms with Gasteiger partial charge in [-0.15, -0.1) is 0 Å². The summed E-state index contributed by atoms with van der Waals surface area (Å²) in [7, 11) is 0. The number of hydrogen-bond donors (Lipinski definition) is 0. The predicted octanol–water partition coefficient (Wildman–Crippen LogP) is 17.7. The first-order valence-electron chi connectivity index (χ1n) is 22.4. The van der Waals surface area contributed by atoms with Gasteiger partial charge in [0.05, 0.1) is 0 Å². The molecule has 0 atom stereocenters. The number of anilines is 2. The Kier molecular flexibility index (Phi) is 8.63. The predicted molar refractivity (Wildman–Crippen MR) is 276 cm³/mol. The van der Waals surface area contributed by atoms with E-state index in [9.17, 15) is 0 Å². The number of furan rings is 1. The number of fused-ring (bicyclic) bond motifs is 11. The Hall–Kier alpha value is -8.46. The van der Waals surface area contributed by atoms with Gasteiger partial charge in [-0.05, 0) is 118 Å². The molecule has 0 saturated heterocycles. The third kappa shape index (κ3) is 6.18. The van der Waals surface area contributed by atoms with Crippen LogP contribution >= 0.6 is 0 Å². The fourth-order valence-corrected chi connectivity index (χ4v) is 10.4. The summed E-state index contributed by atoms with van der Waals surface area (Å²) in [5.41, 5.74) is 12.4. The highest BCUT2D eigenvalue weighted by Crippen LogP contribution is 2.42. The molecular weight excluding hydrogens is 787 g/mol. The van der Waals surface area contributed by atoms with Crippen LogP contribution in [0.5, 0.6) is 0 Å². The monoisotopic (exact) mass is 827 g/mol. The summed E-state index contributed by atoms with van der Waals surface area (Å²) in [4.78, 5) is 2.45. The summed E-state index contributed by atoms with van der Waals surface area (Å²) in [6.45, 7) is 0.646. The van der Waals surface area contributed by atoms with Crippen molar-refractivity contribution in [2.75, 3.05) is 4.90 Å². The molecule has 0 fully saturated rings. The van der Waals surface area contributed by atoms with Crippen molar-refractivity contribution >= 4 is 87.2 Å². The molecule has 0 aliphatic rings. The average molecular weight is 828 g/mol. The van der Waals surface area contributed by atoms with Gasteiger partial charge in [0.1, 0.15) is 11.2 Å². The van der Waals surface area contributed by atoms with Crippen LogP contribution in [0.25, 0.3) is 109 Å². The maximum absolute atomic E-state index is 6.89. The van der Waals surface area contributed by atoms with Crippen molar-refractivity contribution in [3.63, 3.8) is 0 Å². The van der Waals surface area contributed by atoms with E-state index in [1.807, 2.05) is 0 Å². The van der Waals surface area contributed by atoms with Gasteiger partial charge in [-0.25, -0.2) is 0 Å². The second-order valence-electron chi connectivity index (χ2n) is 17.2. The van der Waals surface area contributed by atoms with Gasteiger partial charge in [0, 0.05) is 39.6 Å². The molecule has 0 N–H and O–H groups in total. The Bertz CT molecular complexity index is 3970. The maximum atomic E-state index is 6.89. The molecule has 0 spiro atoms. The molecule has 0 saturated carbocycles. The number of benzene rings is 12. The van der Waals surface area contributed by atoms with Crippen LogP contribution in [-0.4, -0.2) is 0 Å². The highest BCUT2D eigenvalue weighted by atomic mass is 16.3. The van der Waals surface area contributed by atoms with Crippen molar-refractivity contribution in [3.05, 3.63) is 242 Å². The lowest BCUT2D eigenvalue weighted by molar-refractivity contribution is 0.673. The first-order chi connectivity index (χ1) is 32.2. The van der Waals surface area contributed by atoms with E-state index in [4.69, 9.17) is 4.42 Å². The second kappa shape index (κ2) is 15.1. The van der Waals surface area contributed by atoms with Crippen molar-refractivity contribution in [1.29, 1.82) is 0 Å². The minimum absolute atomic E-state index is 0.646. The summed E-state index contributed by atoms with van der Waals surface area (Å²) in [5, 5.41) is 14.7. The molecule has 304 valence electrons. The van der Waals surface area contributed by atoms with Gasteiger partial charge in [0.15, 0.2) is 0 Å². The maximum Gasteiger partial charge on any atom is 0.143 e. The molecule has 0 radical (unpaired) electrons. The fourth-order valence-electron chi connectivity index (χ4n) is 10.4. The lowest BCUT2D eigenvalue weighted by atomic mass is 9.93. The largest absolute Gasteiger partial charge is 0.455 e. The van der Waals surface area contributed by atoms with Crippen LogP contribution < -0.4 is 4.90 Å². The Morgan fingerprint density at radius 1 is 0.277 bits per heavy atom. The van der Waals surface area contributed by atoms with Crippen molar-refractivity contribution < 1.29 is 4.42 Å². The summed E-state index contributed by atoms with van der Waals surface area (Å²) in [6.07, 6.45) is 0. The van der Waals surface area contributed by atoms with Crippen LogP contribution in [0, 0.1) is 0 Å². The highest BCUT2D eigenvalue weighted by molar-refractivity contribution is 6.18. The van der Waals surface area contributed by atoms with E-state index in [0.29, 0.717) is 6.54 Å². The van der Waals surface area contributed by atoms with Crippen LogP contribution in [-0.2, 0) is 6.54 Å². The van der Waals surface area contributed by atoms with Gasteiger partial charge in [-0.1, -0.05) is 200 Å². The topological polar surface area (TPSA) is 16.4 Å². The van der Waals surface area contributed by atoms with Crippen LogP contribution in [0.4, 0.5) is 11.4 Å². The molecule has 0 aliphatic carbocycles. The molecular formula is C63H41NO. The van der Waals surface area contributed by atoms with Gasteiger partial charge < -0.3 is 9.32 Å². The molecule has 13 rings (SSSR count). The Labute approximate surface area is 376 Å². The molecule has 0 aliphatic heterocycles. The van der Waals surface area contributed by atoms with E-state index in [1.165, 1.54) is 76.3 Å². The molecule has 65 heavy (non-hydrogen) atoms. The molecule has 2 heteroatoms. The highest BCUT2D eigenvalue weighted by Gasteiger charge is 2.20. The number of para-hydroxylation sites is 1. The third-order valence-corrected chi connectivity index (χ3v) is 13.6.